The second-order valence-corrected chi connectivity index (χ2v) is 5.68. The van der Waals surface area contributed by atoms with Crippen molar-refractivity contribution in [1.29, 1.82) is 0 Å². The van der Waals surface area contributed by atoms with Crippen LogP contribution < -0.4 is 5.32 Å². The number of thiazole rings is 1. The van der Waals surface area contributed by atoms with E-state index in [1.54, 1.807) is 11.3 Å². The van der Waals surface area contributed by atoms with Gasteiger partial charge in [0.1, 0.15) is 0 Å². The third kappa shape index (κ3) is 3.51. The molecule has 0 radical (unpaired) electrons. The fraction of sp³-hybridized carbons (Fsp3) is 0.667. The molecule has 1 aliphatic rings. The van der Waals surface area contributed by atoms with E-state index in [9.17, 15) is 4.79 Å². The van der Waals surface area contributed by atoms with Gasteiger partial charge in [-0.05, 0) is 26.7 Å². The van der Waals surface area contributed by atoms with E-state index in [0.29, 0.717) is 12.6 Å². The van der Waals surface area contributed by atoms with Gasteiger partial charge in [-0.1, -0.05) is 0 Å². The largest absolute Gasteiger partial charge is 0.339 e. The van der Waals surface area contributed by atoms with E-state index in [1.807, 2.05) is 24.9 Å². The summed E-state index contributed by atoms with van der Waals surface area (Å²) in [6.45, 7) is 6.03. The third-order valence-electron chi connectivity index (χ3n) is 2.89. The van der Waals surface area contributed by atoms with Gasteiger partial charge in [0.05, 0.1) is 11.6 Å². The molecule has 2 rings (SSSR count). The van der Waals surface area contributed by atoms with E-state index in [0.717, 1.165) is 18.1 Å². The Labute approximate surface area is 106 Å². The smallest absolute Gasteiger partial charge is 0.236 e. The van der Waals surface area contributed by atoms with Crippen LogP contribution in [-0.2, 0) is 11.3 Å². The minimum Gasteiger partial charge on any atom is -0.339 e. The molecule has 1 aliphatic carbocycles. The molecule has 17 heavy (non-hydrogen) atoms. The molecule has 4 nitrogen and oxygen atoms in total. The lowest BCUT2D eigenvalue weighted by atomic mass is 10.4. The minimum absolute atomic E-state index is 0.219. The number of carbonyl (C=O) groups excluding carboxylic acids is 1. The van der Waals surface area contributed by atoms with Crippen molar-refractivity contribution in [3.8, 4) is 0 Å². The summed E-state index contributed by atoms with van der Waals surface area (Å²) in [7, 11) is 0. The van der Waals surface area contributed by atoms with Crippen LogP contribution in [0.5, 0.6) is 0 Å². The highest BCUT2D eigenvalue weighted by atomic mass is 32.1. The van der Waals surface area contributed by atoms with Crippen molar-refractivity contribution in [2.24, 2.45) is 0 Å². The fourth-order valence-electron chi connectivity index (χ4n) is 1.91. The van der Waals surface area contributed by atoms with E-state index in [2.05, 4.69) is 10.3 Å². The average Bonchev–Trinajstić information content (AvgIpc) is 3.04. The van der Waals surface area contributed by atoms with E-state index >= 15 is 0 Å². The molecule has 1 fully saturated rings. The molecular formula is C12H19N3OS. The monoisotopic (exact) mass is 253 g/mol. The maximum absolute atomic E-state index is 11.9. The topological polar surface area (TPSA) is 45.2 Å². The van der Waals surface area contributed by atoms with Crippen LogP contribution >= 0.6 is 11.3 Å². The van der Waals surface area contributed by atoms with Gasteiger partial charge in [0, 0.05) is 30.2 Å². The number of nitrogens with one attached hydrogen (secondary N) is 1. The fourth-order valence-corrected chi connectivity index (χ4v) is 2.67. The van der Waals surface area contributed by atoms with Crippen molar-refractivity contribution in [1.82, 2.24) is 15.2 Å². The van der Waals surface area contributed by atoms with Gasteiger partial charge in [0.2, 0.25) is 5.91 Å². The predicted molar refractivity (Wildman–Crippen MR) is 69.0 cm³/mol. The first-order valence-corrected chi connectivity index (χ1v) is 6.94. The van der Waals surface area contributed by atoms with Crippen LogP contribution in [0.25, 0.3) is 0 Å². The average molecular weight is 253 g/mol. The summed E-state index contributed by atoms with van der Waals surface area (Å²) in [4.78, 5) is 19.3. The first kappa shape index (κ1) is 12.5. The molecule has 0 aliphatic heterocycles. The van der Waals surface area contributed by atoms with E-state index in [4.69, 9.17) is 0 Å². The Morgan fingerprint density at radius 3 is 2.94 bits per heavy atom. The number of amides is 1. The van der Waals surface area contributed by atoms with Crippen molar-refractivity contribution in [2.75, 3.05) is 13.1 Å². The second kappa shape index (κ2) is 5.60. The van der Waals surface area contributed by atoms with Crippen molar-refractivity contribution < 1.29 is 4.79 Å². The van der Waals surface area contributed by atoms with E-state index < -0.39 is 0 Å². The molecule has 1 aromatic heterocycles. The highest BCUT2D eigenvalue weighted by Gasteiger charge is 2.30. The number of aromatic nitrogens is 1. The number of hydrogen-bond donors (Lipinski definition) is 1. The summed E-state index contributed by atoms with van der Waals surface area (Å²) in [6, 6.07) is 0.514. The summed E-state index contributed by atoms with van der Waals surface area (Å²) in [6.07, 6.45) is 4.22. The number of rotatable bonds is 6. The molecule has 5 heteroatoms. The molecule has 1 amide bonds. The summed E-state index contributed by atoms with van der Waals surface area (Å²) in [5.41, 5.74) is 0. The van der Waals surface area contributed by atoms with Crippen molar-refractivity contribution in [2.45, 2.75) is 39.3 Å². The van der Waals surface area contributed by atoms with Gasteiger partial charge in [0.25, 0.3) is 0 Å². The summed E-state index contributed by atoms with van der Waals surface area (Å²) < 4.78 is 0. The highest BCUT2D eigenvalue weighted by Crippen LogP contribution is 2.26. The van der Waals surface area contributed by atoms with Crippen molar-refractivity contribution in [3.63, 3.8) is 0 Å². The zero-order valence-corrected chi connectivity index (χ0v) is 11.2. The van der Waals surface area contributed by atoms with Crippen molar-refractivity contribution >= 4 is 17.2 Å². The zero-order chi connectivity index (χ0) is 12.3. The number of carbonyl (C=O) groups is 1. The maximum atomic E-state index is 11.9. The molecule has 0 aromatic carbocycles. The van der Waals surface area contributed by atoms with Gasteiger partial charge in [-0.25, -0.2) is 4.98 Å². The van der Waals surface area contributed by atoms with Gasteiger partial charge in [-0.15, -0.1) is 11.3 Å². The molecule has 0 unspecified atom stereocenters. The number of aryl methyl sites for hydroxylation is 1. The molecular weight excluding hydrogens is 234 g/mol. The molecule has 1 heterocycles. The van der Waals surface area contributed by atoms with Crippen LogP contribution in [0.15, 0.2) is 6.20 Å². The van der Waals surface area contributed by atoms with Gasteiger partial charge < -0.3 is 10.2 Å². The third-order valence-corrected chi connectivity index (χ3v) is 3.81. The van der Waals surface area contributed by atoms with Crippen LogP contribution in [0.3, 0.4) is 0 Å². The second-order valence-electron chi connectivity index (χ2n) is 4.36. The Kier molecular flexibility index (Phi) is 4.12. The lowest BCUT2D eigenvalue weighted by molar-refractivity contribution is -0.130. The van der Waals surface area contributed by atoms with E-state index in [1.165, 1.54) is 17.7 Å². The lowest BCUT2D eigenvalue weighted by Gasteiger charge is -2.20. The summed E-state index contributed by atoms with van der Waals surface area (Å²) >= 11 is 1.67. The molecule has 0 bridgehead atoms. The standard InChI is InChI=1S/C12H19N3OS/c1-3-15(10-4-5-10)12(16)8-13-6-11-7-14-9(2)17-11/h7,10,13H,3-6,8H2,1-2H3. The van der Waals surface area contributed by atoms with Crippen LogP contribution in [0.2, 0.25) is 0 Å². The first-order valence-electron chi connectivity index (χ1n) is 6.12. The minimum atomic E-state index is 0.219. The molecule has 1 aromatic rings. The summed E-state index contributed by atoms with van der Waals surface area (Å²) in [5, 5.41) is 4.26. The molecule has 0 atom stereocenters. The summed E-state index contributed by atoms with van der Waals surface area (Å²) in [5.74, 6) is 0.219. The van der Waals surface area contributed by atoms with Crippen LogP contribution in [0.4, 0.5) is 0 Å². The first-order chi connectivity index (χ1) is 8.20. The quantitative estimate of drug-likeness (QED) is 0.836. The number of likely N-dealkylation sites (N-methyl/N-ethyl adjacent to an activating group) is 1. The SMILES string of the molecule is CCN(C(=O)CNCc1cnc(C)s1)C1CC1. The predicted octanol–water partition coefficient (Wildman–Crippen LogP) is 1.55. The van der Waals surface area contributed by atoms with Gasteiger partial charge >= 0.3 is 0 Å². The van der Waals surface area contributed by atoms with Crippen LogP contribution in [0.1, 0.15) is 29.7 Å². The molecule has 94 valence electrons. The van der Waals surface area contributed by atoms with E-state index in [-0.39, 0.29) is 5.91 Å². The Balaban J connectivity index is 1.72. The van der Waals surface area contributed by atoms with Crippen LogP contribution in [-0.4, -0.2) is 34.9 Å². The molecule has 1 N–H and O–H groups in total. The highest BCUT2D eigenvalue weighted by molar-refractivity contribution is 7.11. The Bertz CT molecular complexity index is 387. The lowest BCUT2D eigenvalue weighted by Crippen LogP contribution is -2.39. The molecule has 1 saturated carbocycles. The van der Waals surface area contributed by atoms with Gasteiger partial charge in [-0.3, -0.25) is 4.79 Å². The molecule has 0 spiro atoms. The molecule has 0 saturated heterocycles. The Hall–Kier alpha value is -0.940. The van der Waals surface area contributed by atoms with Crippen LogP contribution in [0, 0.1) is 6.92 Å². The zero-order valence-electron chi connectivity index (χ0n) is 10.4. The number of nitrogens with zero attached hydrogens (tertiary/aromatic N) is 2. The normalized spacial score (nSPS) is 14.9. The maximum Gasteiger partial charge on any atom is 0.236 e. The van der Waals surface area contributed by atoms with Gasteiger partial charge in [-0.2, -0.15) is 0 Å². The Morgan fingerprint density at radius 1 is 1.65 bits per heavy atom. The van der Waals surface area contributed by atoms with Crippen molar-refractivity contribution in [3.05, 3.63) is 16.1 Å². The van der Waals surface area contributed by atoms with Gasteiger partial charge in [0.15, 0.2) is 0 Å². The number of hydrogen-bond acceptors (Lipinski definition) is 4. The Morgan fingerprint density at radius 2 is 2.41 bits per heavy atom.